The Bertz CT molecular complexity index is 1070. The molecule has 0 spiro atoms. The first kappa shape index (κ1) is 23.8. The predicted molar refractivity (Wildman–Crippen MR) is 131 cm³/mol. The molecule has 1 heterocycles. The summed E-state index contributed by atoms with van der Waals surface area (Å²) in [5.74, 6) is 1.23. The van der Waals surface area contributed by atoms with E-state index in [9.17, 15) is 9.59 Å². The molecule has 7 nitrogen and oxygen atoms in total. The van der Waals surface area contributed by atoms with Crippen LogP contribution in [0.2, 0.25) is 0 Å². The van der Waals surface area contributed by atoms with Crippen LogP contribution in [0.25, 0.3) is 0 Å². The minimum Gasteiger partial charge on any atom is -0.497 e. The number of methoxy groups -OCH3 is 2. The topological polar surface area (TPSA) is 71.4 Å². The van der Waals surface area contributed by atoms with Crippen LogP contribution in [0.3, 0.4) is 0 Å². The molecule has 1 saturated carbocycles. The lowest BCUT2D eigenvalue weighted by atomic mass is 9.97. The fourth-order valence-corrected chi connectivity index (χ4v) is 4.83. The van der Waals surface area contributed by atoms with E-state index < -0.39 is 0 Å². The van der Waals surface area contributed by atoms with Crippen molar-refractivity contribution < 1.29 is 19.1 Å². The Morgan fingerprint density at radius 2 is 1.76 bits per heavy atom. The summed E-state index contributed by atoms with van der Waals surface area (Å²) in [5.41, 5.74) is 3.75. The third kappa shape index (κ3) is 4.93. The molecule has 0 N–H and O–H groups in total. The summed E-state index contributed by atoms with van der Waals surface area (Å²) >= 11 is 0. The number of carbonyl (C=O) groups is 2. The number of hydrogen-bond acceptors (Lipinski definition) is 5. The van der Waals surface area contributed by atoms with Crippen molar-refractivity contribution in [2.45, 2.75) is 45.1 Å². The molecule has 2 aromatic carbocycles. The largest absolute Gasteiger partial charge is 0.497 e. The standard InChI is InChI=1S/C27H33N3O4/c1-18-9-11-19(12-10-18)24-16-23(22-14-13-21(33-3)15-25(22)34-4)28-30(24)26(31)17-29(2)27(32)20-7-5-6-8-20/h9-15,20,24H,5-8,16-17H2,1-4H3. The number of hydrazone groups is 1. The summed E-state index contributed by atoms with van der Waals surface area (Å²) < 4.78 is 10.9. The van der Waals surface area contributed by atoms with Gasteiger partial charge >= 0.3 is 0 Å². The van der Waals surface area contributed by atoms with Crippen LogP contribution in [0, 0.1) is 12.8 Å². The summed E-state index contributed by atoms with van der Waals surface area (Å²) in [6.07, 6.45) is 4.53. The number of ether oxygens (including phenoxy) is 2. The van der Waals surface area contributed by atoms with Crippen LogP contribution in [0.5, 0.6) is 11.5 Å². The molecule has 180 valence electrons. The zero-order valence-corrected chi connectivity index (χ0v) is 20.4. The van der Waals surface area contributed by atoms with Crippen molar-refractivity contribution in [3.8, 4) is 11.5 Å². The Morgan fingerprint density at radius 1 is 1.06 bits per heavy atom. The van der Waals surface area contributed by atoms with Crippen LogP contribution in [0.15, 0.2) is 47.6 Å². The number of rotatable bonds is 7. The molecule has 0 radical (unpaired) electrons. The highest BCUT2D eigenvalue weighted by Crippen LogP contribution is 2.36. The number of benzene rings is 2. The molecule has 1 unspecified atom stereocenters. The lowest BCUT2D eigenvalue weighted by Crippen LogP contribution is -2.41. The van der Waals surface area contributed by atoms with Crippen molar-refractivity contribution in [1.82, 2.24) is 9.91 Å². The second-order valence-corrected chi connectivity index (χ2v) is 9.16. The van der Waals surface area contributed by atoms with E-state index in [0.717, 1.165) is 48.1 Å². The molecule has 0 aromatic heterocycles. The molecule has 1 aliphatic heterocycles. The highest BCUT2D eigenvalue weighted by Gasteiger charge is 2.35. The van der Waals surface area contributed by atoms with E-state index in [1.807, 2.05) is 49.4 Å². The lowest BCUT2D eigenvalue weighted by Gasteiger charge is -2.26. The summed E-state index contributed by atoms with van der Waals surface area (Å²) in [5, 5.41) is 6.30. The molecule has 2 aromatic rings. The molecular formula is C27H33N3O4. The Labute approximate surface area is 201 Å². The van der Waals surface area contributed by atoms with Gasteiger partial charge < -0.3 is 14.4 Å². The van der Waals surface area contributed by atoms with Crippen molar-refractivity contribution in [2.75, 3.05) is 27.8 Å². The highest BCUT2D eigenvalue weighted by atomic mass is 16.5. The predicted octanol–water partition coefficient (Wildman–Crippen LogP) is 4.34. The van der Waals surface area contributed by atoms with Gasteiger partial charge in [-0.25, -0.2) is 5.01 Å². The first-order chi connectivity index (χ1) is 16.4. The molecule has 1 atom stereocenters. The first-order valence-electron chi connectivity index (χ1n) is 11.8. The van der Waals surface area contributed by atoms with Crippen molar-refractivity contribution in [3.63, 3.8) is 0 Å². The molecule has 7 heteroatoms. The van der Waals surface area contributed by atoms with Crippen LogP contribution in [0.4, 0.5) is 0 Å². The average molecular weight is 464 g/mol. The number of nitrogens with zero attached hydrogens (tertiary/aromatic N) is 3. The van der Waals surface area contributed by atoms with Gasteiger partial charge in [0, 0.05) is 31.0 Å². The fraction of sp³-hybridized carbons (Fsp3) is 0.444. The Kier molecular flexibility index (Phi) is 7.20. The van der Waals surface area contributed by atoms with Gasteiger partial charge in [-0.1, -0.05) is 42.7 Å². The molecule has 0 bridgehead atoms. The van der Waals surface area contributed by atoms with E-state index in [4.69, 9.17) is 14.6 Å². The number of aryl methyl sites for hydroxylation is 1. The molecule has 34 heavy (non-hydrogen) atoms. The fourth-order valence-electron chi connectivity index (χ4n) is 4.83. The number of amides is 2. The quantitative estimate of drug-likeness (QED) is 0.613. The smallest absolute Gasteiger partial charge is 0.262 e. The summed E-state index contributed by atoms with van der Waals surface area (Å²) in [6, 6.07) is 13.5. The van der Waals surface area contributed by atoms with E-state index in [0.29, 0.717) is 17.9 Å². The van der Waals surface area contributed by atoms with E-state index in [1.54, 1.807) is 31.2 Å². The molecule has 1 aliphatic carbocycles. The minimum absolute atomic E-state index is 0.00816. The lowest BCUT2D eigenvalue weighted by molar-refractivity contribution is -0.142. The van der Waals surface area contributed by atoms with Gasteiger partial charge in [-0.3, -0.25) is 9.59 Å². The SMILES string of the molecule is COc1ccc(C2=NN(C(=O)CN(C)C(=O)C3CCCC3)C(c3ccc(C)cc3)C2)c(OC)c1. The average Bonchev–Trinajstić information content (AvgIpc) is 3.54. The second-order valence-electron chi connectivity index (χ2n) is 9.16. The number of hydrogen-bond donors (Lipinski definition) is 0. The monoisotopic (exact) mass is 463 g/mol. The maximum absolute atomic E-state index is 13.4. The molecule has 2 aliphatic rings. The van der Waals surface area contributed by atoms with Gasteiger partial charge in [0.2, 0.25) is 5.91 Å². The van der Waals surface area contributed by atoms with Crippen molar-refractivity contribution >= 4 is 17.5 Å². The number of likely N-dealkylation sites (N-methyl/N-ethyl adjacent to an activating group) is 1. The first-order valence-corrected chi connectivity index (χ1v) is 11.8. The van der Waals surface area contributed by atoms with Crippen LogP contribution >= 0.6 is 0 Å². The van der Waals surface area contributed by atoms with Gasteiger partial charge in [0.05, 0.1) is 26.0 Å². The Hall–Kier alpha value is -3.35. The van der Waals surface area contributed by atoms with E-state index in [1.165, 1.54) is 0 Å². The van der Waals surface area contributed by atoms with Crippen LogP contribution in [-0.2, 0) is 9.59 Å². The zero-order valence-electron chi connectivity index (χ0n) is 20.4. The van der Waals surface area contributed by atoms with Crippen LogP contribution < -0.4 is 9.47 Å². The maximum atomic E-state index is 13.4. The van der Waals surface area contributed by atoms with E-state index in [2.05, 4.69) is 0 Å². The summed E-state index contributed by atoms with van der Waals surface area (Å²) in [7, 11) is 4.93. The van der Waals surface area contributed by atoms with Gasteiger partial charge in [-0.15, -0.1) is 0 Å². The van der Waals surface area contributed by atoms with Crippen LogP contribution in [-0.4, -0.2) is 55.2 Å². The minimum atomic E-state index is -0.245. The van der Waals surface area contributed by atoms with E-state index >= 15 is 0 Å². The number of carbonyl (C=O) groups excluding carboxylic acids is 2. The van der Waals surface area contributed by atoms with Crippen molar-refractivity contribution in [2.24, 2.45) is 11.0 Å². The molecular weight excluding hydrogens is 430 g/mol. The molecule has 2 amide bonds. The Balaban J connectivity index is 1.61. The van der Waals surface area contributed by atoms with Crippen LogP contribution in [0.1, 0.15) is 54.8 Å². The second kappa shape index (κ2) is 10.3. The third-order valence-electron chi connectivity index (χ3n) is 6.80. The third-order valence-corrected chi connectivity index (χ3v) is 6.80. The molecule has 1 fully saturated rings. The Morgan fingerprint density at radius 3 is 2.41 bits per heavy atom. The zero-order chi connectivity index (χ0) is 24.2. The van der Waals surface area contributed by atoms with Crippen molar-refractivity contribution in [1.29, 1.82) is 0 Å². The maximum Gasteiger partial charge on any atom is 0.262 e. The highest BCUT2D eigenvalue weighted by molar-refractivity contribution is 6.05. The van der Waals surface area contributed by atoms with E-state index in [-0.39, 0.29) is 30.3 Å². The van der Waals surface area contributed by atoms with Gasteiger partial charge in [-0.2, -0.15) is 5.10 Å². The van der Waals surface area contributed by atoms with Gasteiger partial charge in [-0.05, 0) is 37.5 Å². The van der Waals surface area contributed by atoms with Gasteiger partial charge in [0.15, 0.2) is 0 Å². The molecule has 4 rings (SSSR count). The normalized spacial score (nSPS) is 18.1. The van der Waals surface area contributed by atoms with Crippen molar-refractivity contribution in [3.05, 3.63) is 59.2 Å². The molecule has 0 saturated heterocycles. The summed E-state index contributed by atoms with van der Waals surface area (Å²) in [6.45, 7) is 2.04. The van der Waals surface area contributed by atoms with Gasteiger partial charge in [0.25, 0.3) is 5.91 Å². The summed E-state index contributed by atoms with van der Waals surface area (Å²) in [4.78, 5) is 27.8. The van der Waals surface area contributed by atoms with Gasteiger partial charge in [0.1, 0.15) is 18.0 Å².